The molecule has 0 spiro atoms. The molecule has 78 valence electrons. The molecule has 0 saturated heterocycles. The molecule has 0 aliphatic heterocycles. The van der Waals surface area contributed by atoms with Crippen LogP contribution in [0.2, 0.25) is 0 Å². The molecule has 16 heavy (non-hydrogen) atoms. The first-order valence-electron chi connectivity index (χ1n) is 4.89. The Labute approximate surface area is 93.0 Å². The number of hydrogen-bond acceptors (Lipinski definition) is 4. The van der Waals surface area contributed by atoms with E-state index < -0.39 is 0 Å². The van der Waals surface area contributed by atoms with E-state index in [1.54, 1.807) is 17.1 Å². The number of aromatic nitrogens is 4. The largest absolute Gasteiger partial charge is 0.245 e. The van der Waals surface area contributed by atoms with E-state index in [-0.39, 0.29) is 0 Å². The molecule has 5 nitrogen and oxygen atoms in total. The fourth-order valence-electron chi connectivity index (χ4n) is 1.29. The van der Waals surface area contributed by atoms with E-state index in [1.165, 1.54) is 6.33 Å². The van der Waals surface area contributed by atoms with E-state index in [9.17, 15) is 0 Å². The molecule has 2 aromatic rings. The van der Waals surface area contributed by atoms with Crippen LogP contribution in [-0.2, 0) is 6.54 Å². The van der Waals surface area contributed by atoms with Crippen LogP contribution in [0.4, 0.5) is 0 Å². The normalized spacial score (nSPS) is 9.69. The van der Waals surface area contributed by atoms with Crippen molar-refractivity contribution in [2.45, 2.75) is 13.0 Å². The maximum absolute atomic E-state index is 8.45. The van der Waals surface area contributed by atoms with E-state index in [4.69, 9.17) is 5.26 Å². The third-order valence-corrected chi connectivity index (χ3v) is 2.10. The maximum Gasteiger partial charge on any atom is 0.197 e. The average Bonchev–Trinajstić information content (AvgIpc) is 2.38. The summed E-state index contributed by atoms with van der Waals surface area (Å²) >= 11 is 0. The zero-order valence-electron chi connectivity index (χ0n) is 8.61. The minimum absolute atomic E-state index is 0.463. The van der Waals surface area contributed by atoms with Gasteiger partial charge in [-0.1, -0.05) is 4.68 Å². The van der Waals surface area contributed by atoms with Crippen molar-refractivity contribution in [1.29, 1.82) is 5.26 Å². The van der Waals surface area contributed by atoms with Gasteiger partial charge < -0.3 is 0 Å². The van der Waals surface area contributed by atoms with Gasteiger partial charge in [-0.3, -0.25) is 0 Å². The second-order valence-corrected chi connectivity index (χ2v) is 3.18. The molecule has 2 aromatic heterocycles. The third-order valence-electron chi connectivity index (χ3n) is 2.10. The Morgan fingerprint density at radius 3 is 2.94 bits per heavy atom. The van der Waals surface area contributed by atoms with E-state index in [1.807, 2.05) is 18.3 Å². The molecule has 0 unspecified atom stereocenters. The van der Waals surface area contributed by atoms with Gasteiger partial charge in [0.05, 0.1) is 18.2 Å². The molecule has 0 aromatic carbocycles. The smallest absolute Gasteiger partial charge is 0.197 e. The third kappa shape index (κ3) is 2.36. The fourth-order valence-corrected chi connectivity index (χ4v) is 1.29. The van der Waals surface area contributed by atoms with Crippen LogP contribution in [0.3, 0.4) is 0 Å². The van der Waals surface area contributed by atoms with Crippen molar-refractivity contribution >= 4 is 0 Å². The Kier molecular flexibility index (Phi) is 3.14. The van der Waals surface area contributed by atoms with Crippen LogP contribution < -0.4 is 4.68 Å². The van der Waals surface area contributed by atoms with Gasteiger partial charge in [0, 0.05) is 17.8 Å². The molecule has 2 heterocycles. The van der Waals surface area contributed by atoms with Crippen molar-refractivity contribution in [3.8, 4) is 17.3 Å². The van der Waals surface area contributed by atoms with Crippen LogP contribution in [0.25, 0.3) is 11.3 Å². The quantitative estimate of drug-likeness (QED) is 0.704. The van der Waals surface area contributed by atoms with Crippen molar-refractivity contribution in [1.82, 2.24) is 15.1 Å². The van der Waals surface area contributed by atoms with Crippen LogP contribution >= 0.6 is 0 Å². The molecule has 0 atom stereocenters. The lowest BCUT2D eigenvalue weighted by Gasteiger charge is -1.96. The van der Waals surface area contributed by atoms with Gasteiger partial charge in [0.2, 0.25) is 0 Å². The fraction of sp³-hybridized carbons (Fsp3) is 0.182. The first-order valence-corrected chi connectivity index (χ1v) is 4.89. The molecule has 2 rings (SSSR count). The second kappa shape index (κ2) is 4.94. The highest BCUT2D eigenvalue weighted by atomic mass is 15.2. The van der Waals surface area contributed by atoms with Crippen LogP contribution in [0.1, 0.15) is 6.42 Å². The number of aryl methyl sites for hydroxylation is 1. The summed E-state index contributed by atoms with van der Waals surface area (Å²) in [6.45, 7) is 0.612. The molecule has 0 bridgehead atoms. The predicted molar refractivity (Wildman–Crippen MR) is 55.7 cm³/mol. The molecule has 0 aliphatic rings. The molecule has 0 saturated carbocycles. The number of nitrogens with zero attached hydrogens (tertiary/aromatic N) is 5. The van der Waals surface area contributed by atoms with Crippen LogP contribution in [0.15, 0.2) is 37.1 Å². The van der Waals surface area contributed by atoms with E-state index in [0.717, 1.165) is 11.3 Å². The lowest BCUT2D eigenvalue weighted by atomic mass is 10.2. The minimum Gasteiger partial charge on any atom is -0.245 e. The zero-order chi connectivity index (χ0) is 11.2. The Bertz CT molecular complexity index is 486. The highest BCUT2D eigenvalue weighted by molar-refractivity contribution is 5.55. The first kappa shape index (κ1) is 10.2. The Morgan fingerprint density at radius 1 is 1.38 bits per heavy atom. The van der Waals surface area contributed by atoms with Crippen molar-refractivity contribution in [3.05, 3.63) is 37.1 Å². The van der Waals surface area contributed by atoms with E-state index in [0.29, 0.717) is 13.0 Å². The summed E-state index contributed by atoms with van der Waals surface area (Å²) in [5, 5.41) is 12.6. The molecular formula is C11H10N5+. The van der Waals surface area contributed by atoms with Gasteiger partial charge in [-0.25, -0.2) is 9.97 Å². The van der Waals surface area contributed by atoms with Gasteiger partial charge in [0.1, 0.15) is 12.5 Å². The zero-order valence-corrected chi connectivity index (χ0v) is 8.61. The van der Waals surface area contributed by atoms with Crippen molar-refractivity contribution in [2.75, 3.05) is 0 Å². The van der Waals surface area contributed by atoms with Gasteiger partial charge in [-0.2, -0.15) is 5.26 Å². The average molecular weight is 212 g/mol. The summed E-state index contributed by atoms with van der Waals surface area (Å²) in [5.74, 6) is 0. The lowest BCUT2D eigenvalue weighted by molar-refractivity contribution is -0.752. The summed E-state index contributed by atoms with van der Waals surface area (Å²) < 4.78 is 1.73. The van der Waals surface area contributed by atoms with Gasteiger partial charge in [-0.05, 0) is 11.2 Å². The minimum atomic E-state index is 0.463. The molecule has 0 fully saturated rings. The summed E-state index contributed by atoms with van der Waals surface area (Å²) in [6, 6.07) is 5.83. The van der Waals surface area contributed by atoms with Crippen molar-refractivity contribution in [3.63, 3.8) is 0 Å². The Balaban J connectivity index is 2.17. The standard InChI is InChI=1S/C11H10N5/c12-4-1-6-16-7-3-10(8-15-16)11-2-5-13-9-14-11/h2-3,5,7-9H,1,6H2/q+1. The molecule has 0 radical (unpaired) electrons. The van der Waals surface area contributed by atoms with Crippen LogP contribution in [-0.4, -0.2) is 15.1 Å². The molecule has 0 aliphatic carbocycles. The second-order valence-electron chi connectivity index (χ2n) is 3.18. The highest BCUT2D eigenvalue weighted by Crippen LogP contribution is 2.11. The van der Waals surface area contributed by atoms with E-state index in [2.05, 4.69) is 21.1 Å². The monoisotopic (exact) mass is 212 g/mol. The Morgan fingerprint density at radius 2 is 2.31 bits per heavy atom. The van der Waals surface area contributed by atoms with Crippen LogP contribution in [0.5, 0.6) is 0 Å². The number of nitriles is 1. The van der Waals surface area contributed by atoms with Gasteiger partial charge >= 0.3 is 0 Å². The Hall–Kier alpha value is -2.35. The summed E-state index contributed by atoms with van der Waals surface area (Å²) in [7, 11) is 0. The number of rotatable bonds is 3. The van der Waals surface area contributed by atoms with Gasteiger partial charge in [-0.15, -0.1) is 0 Å². The molecule has 0 N–H and O–H groups in total. The highest BCUT2D eigenvalue weighted by Gasteiger charge is 2.04. The first-order chi connectivity index (χ1) is 7.90. The maximum atomic E-state index is 8.45. The van der Waals surface area contributed by atoms with E-state index >= 15 is 0 Å². The molecule has 0 amide bonds. The van der Waals surface area contributed by atoms with Crippen molar-refractivity contribution < 1.29 is 4.68 Å². The lowest BCUT2D eigenvalue weighted by Crippen LogP contribution is -2.37. The molecule has 5 heteroatoms. The SMILES string of the molecule is N#CCC[n+]1ccc(-c2ccncn2)cn1. The van der Waals surface area contributed by atoms with Gasteiger partial charge in [0.25, 0.3) is 0 Å². The van der Waals surface area contributed by atoms with Crippen LogP contribution in [0, 0.1) is 11.3 Å². The summed E-state index contributed by atoms with van der Waals surface area (Å²) in [6.07, 6.45) is 7.24. The topological polar surface area (TPSA) is 66.3 Å². The number of hydrogen-bond donors (Lipinski definition) is 0. The van der Waals surface area contributed by atoms with Gasteiger partial charge in [0.15, 0.2) is 12.7 Å². The summed E-state index contributed by atoms with van der Waals surface area (Å²) in [5.41, 5.74) is 1.78. The predicted octanol–water partition coefficient (Wildman–Crippen LogP) is 0.740. The van der Waals surface area contributed by atoms with Crippen molar-refractivity contribution in [2.24, 2.45) is 0 Å². The summed E-state index contributed by atoms with van der Waals surface area (Å²) in [4.78, 5) is 7.98. The molecular weight excluding hydrogens is 202 g/mol.